The maximum Gasteiger partial charge on any atom is 0.255 e. The number of rotatable bonds is 2. The smallest absolute Gasteiger partial charge is 0.255 e. The van der Waals surface area contributed by atoms with Gasteiger partial charge in [0.25, 0.3) is 5.91 Å². The average molecular weight is 341 g/mol. The molecule has 0 heterocycles. The van der Waals surface area contributed by atoms with E-state index in [1.54, 1.807) is 18.2 Å². The van der Waals surface area contributed by atoms with Crippen molar-refractivity contribution in [2.75, 3.05) is 11.1 Å². The molecule has 0 fully saturated rings. The Morgan fingerprint density at radius 1 is 0.952 bits per heavy atom. The minimum absolute atomic E-state index is 0.141. The first-order chi connectivity index (χ1) is 10.1. The van der Waals surface area contributed by atoms with Crippen LogP contribution in [0.2, 0.25) is 0 Å². The topological polar surface area (TPSA) is 55.1 Å². The molecule has 3 N–H and O–H groups in total. The van der Waals surface area contributed by atoms with Gasteiger partial charge in [0.1, 0.15) is 0 Å². The normalized spacial score (nSPS) is 10.5. The highest BCUT2D eigenvalue weighted by Gasteiger charge is 2.07. The molecule has 0 spiro atoms. The molecule has 0 aliphatic carbocycles. The highest BCUT2D eigenvalue weighted by molar-refractivity contribution is 9.10. The Labute approximate surface area is 130 Å². The van der Waals surface area contributed by atoms with Gasteiger partial charge >= 0.3 is 0 Å². The lowest BCUT2D eigenvalue weighted by Crippen LogP contribution is -2.11. The number of halogens is 1. The molecule has 0 unspecified atom stereocenters. The van der Waals surface area contributed by atoms with Crippen LogP contribution < -0.4 is 11.1 Å². The van der Waals surface area contributed by atoms with Crippen LogP contribution in [-0.2, 0) is 0 Å². The molecule has 0 saturated heterocycles. The number of hydrogen-bond donors (Lipinski definition) is 2. The Morgan fingerprint density at radius 3 is 2.48 bits per heavy atom. The Bertz CT molecular complexity index is 830. The first-order valence-electron chi connectivity index (χ1n) is 6.49. The highest BCUT2D eigenvalue weighted by atomic mass is 79.9. The molecule has 21 heavy (non-hydrogen) atoms. The molecule has 104 valence electrons. The van der Waals surface area contributed by atoms with Gasteiger partial charge in [-0.15, -0.1) is 0 Å². The number of nitrogen functional groups attached to an aromatic ring is 1. The van der Waals surface area contributed by atoms with E-state index in [2.05, 4.69) is 21.2 Å². The summed E-state index contributed by atoms with van der Waals surface area (Å²) in [7, 11) is 0. The lowest BCUT2D eigenvalue weighted by Gasteiger charge is -2.08. The summed E-state index contributed by atoms with van der Waals surface area (Å²) in [5.74, 6) is -0.141. The third kappa shape index (κ3) is 2.90. The second-order valence-corrected chi connectivity index (χ2v) is 5.61. The van der Waals surface area contributed by atoms with Gasteiger partial charge in [0.2, 0.25) is 0 Å². The average Bonchev–Trinajstić information content (AvgIpc) is 2.50. The first-order valence-corrected chi connectivity index (χ1v) is 7.28. The number of benzene rings is 3. The number of carbonyl (C=O) groups is 1. The molecule has 0 saturated carbocycles. The molecule has 0 bridgehead atoms. The van der Waals surface area contributed by atoms with Gasteiger partial charge in [-0.3, -0.25) is 4.79 Å². The first kappa shape index (κ1) is 13.6. The summed E-state index contributed by atoms with van der Waals surface area (Å²) >= 11 is 3.35. The number of hydrogen-bond acceptors (Lipinski definition) is 2. The van der Waals surface area contributed by atoms with E-state index in [-0.39, 0.29) is 5.91 Å². The van der Waals surface area contributed by atoms with Crippen LogP contribution >= 0.6 is 15.9 Å². The SMILES string of the molecule is Nc1ccc(NC(=O)c2ccc3ccccc3c2)cc1Br. The fourth-order valence-electron chi connectivity index (χ4n) is 2.14. The van der Waals surface area contributed by atoms with E-state index in [1.165, 1.54) is 0 Å². The molecule has 3 aromatic rings. The Kier molecular flexibility index (Phi) is 3.62. The largest absolute Gasteiger partial charge is 0.398 e. The summed E-state index contributed by atoms with van der Waals surface area (Å²) in [6.07, 6.45) is 0. The van der Waals surface area contributed by atoms with Crippen molar-refractivity contribution in [1.29, 1.82) is 0 Å². The van der Waals surface area contributed by atoms with Gasteiger partial charge in [-0.05, 0) is 57.0 Å². The second kappa shape index (κ2) is 5.58. The Hall–Kier alpha value is -2.33. The van der Waals surface area contributed by atoms with Crippen LogP contribution in [-0.4, -0.2) is 5.91 Å². The molecular formula is C17H13BrN2O. The van der Waals surface area contributed by atoms with Gasteiger partial charge in [-0.25, -0.2) is 0 Å². The standard InChI is InChI=1S/C17H13BrN2O/c18-15-10-14(7-8-16(15)19)20-17(21)13-6-5-11-3-1-2-4-12(11)9-13/h1-10H,19H2,(H,20,21). The van der Waals surface area contributed by atoms with E-state index in [4.69, 9.17) is 5.73 Å². The number of amides is 1. The zero-order chi connectivity index (χ0) is 14.8. The summed E-state index contributed by atoms with van der Waals surface area (Å²) < 4.78 is 0.763. The minimum Gasteiger partial charge on any atom is -0.398 e. The predicted molar refractivity (Wildman–Crippen MR) is 90.5 cm³/mol. The molecule has 0 aliphatic rings. The number of nitrogens with two attached hydrogens (primary N) is 1. The van der Waals surface area contributed by atoms with Gasteiger partial charge in [0, 0.05) is 21.4 Å². The predicted octanol–water partition coefficient (Wildman–Crippen LogP) is 4.44. The van der Waals surface area contributed by atoms with Crippen molar-refractivity contribution in [2.45, 2.75) is 0 Å². The molecule has 0 radical (unpaired) electrons. The fraction of sp³-hybridized carbons (Fsp3) is 0. The van der Waals surface area contributed by atoms with E-state index in [9.17, 15) is 4.79 Å². The van der Waals surface area contributed by atoms with Crippen LogP contribution in [0.1, 0.15) is 10.4 Å². The van der Waals surface area contributed by atoms with Gasteiger partial charge in [0.05, 0.1) is 0 Å². The molecule has 1 amide bonds. The van der Waals surface area contributed by atoms with Crippen LogP contribution in [0.3, 0.4) is 0 Å². The van der Waals surface area contributed by atoms with Gasteiger partial charge < -0.3 is 11.1 Å². The van der Waals surface area contributed by atoms with Gasteiger partial charge in [-0.2, -0.15) is 0 Å². The van der Waals surface area contributed by atoms with Crippen LogP contribution in [0.5, 0.6) is 0 Å². The van der Waals surface area contributed by atoms with Crippen LogP contribution in [0.4, 0.5) is 11.4 Å². The zero-order valence-electron chi connectivity index (χ0n) is 11.1. The van der Waals surface area contributed by atoms with Crippen molar-refractivity contribution in [3.8, 4) is 0 Å². The molecule has 0 atom stereocenters. The van der Waals surface area contributed by atoms with E-state index in [0.29, 0.717) is 16.9 Å². The number of fused-ring (bicyclic) bond motifs is 1. The quantitative estimate of drug-likeness (QED) is 0.677. The summed E-state index contributed by atoms with van der Waals surface area (Å²) in [6, 6.07) is 18.9. The highest BCUT2D eigenvalue weighted by Crippen LogP contribution is 2.24. The monoisotopic (exact) mass is 340 g/mol. The van der Waals surface area contributed by atoms with Gasteiger partial charge in [0.15, 0.2) is 0 Å². The lowest BCUT2D eigenvalue weighted by atomic mass is 10.1. The summed E-state index contributed by atoms with van der Waals surface area (Å²) in [5.41, 5.74) is 7.70. The molecule has 4 heteroatoms. The van der Waals surface area contributed by atoms with E-state index in [0.717, 1.165) is 15.2 Å². The lowest BCUT2D eigenvalue weighted by molar-refractivity contribution is 0.102. The van der Waals surface area contributed by atoms with Crippen molar-refractivity contribution in [1.82, 2.24) is 0 Å². The maximum absolute atomic E-state index is 12.3. The van der Waals surface area contributed by atoms with Crippen molar-refractivity contribution < 1.29 is 4.79 Å². The zero-order valence-corrected chi connectivity index (χ0v) is 12.7. The van der Waals surface area contributed by atoms with Crippen molar-refractivity contribution >= 4 is 44.0 Å². The van der Waals surface area contributed by atoms with Crippen LogP contribution in [0, 0.1) is 0 Å². The maximum atomic E-state index is 12.3. The Balaban J connectivity index is 1.87. The molecule has 3 rings (SSSR count). The third-order valence-corrected chi connectivity index (χ3v) is 3.96. The molecule has 3 nitrogen and oxygen atoms in total. The third-order valence-electron chi connectivity index (χ3n) is 3.27. The van der Waals surface area contributed by atoms with Crippen LogP contribution in [0.15, 0.2) is 65.1 Å². The fourth-order valence-corrected chi connectivity index (χ4v) is 2.52. The number of anilines is 2. The summed E-state index contributed by atoms with van der Waals surface area (Å²) in [5, 5.41) is 5.03. The van der Waals surface area contributed by atoms with E-state index < -0.39 is 0 Å². The second-order valence-electron chi connectivity index (χ2n) is 4.75. The van der Waals surface area contributed by atoms with Crippen molar-refractivity contribution in [3.05, 3.63) is 70.7 Å². The van der Waals surface area contributed by atoms with E-state index in [1.807, 2.05) is 42.5 Å². The van der Waals surface area contributed by atoms with Crippen molar-refractivity contribution in [3.63, 3.8) is 0 Å². The molecule has 0 aromatic heterocycles. The van der Waals surface area contributed by atoms with E-state index >= 15 is 0 Å². The Morgan fingerprint density at radius 2 is 1.71 bits per heavy atom. The van der Waals surface area contributed by atoms with Crippen LogP contribution in [0.25, 0.3) is 10.8 Å². The summed E-state index contributed by atoms with van der Waals surface area (Å²) in [4.78, 5) is 12.3. The van der Waals surface area contributed by atoms with Gasteiger partial charge in [-0.1, -0.05) is 30.3 Å². The molecular weight excluding hydrogens is 328 g/mol. The van der Waals surface area contributed by atoms with Crippen molar-refractivity contribution in [2.24, 2.45) is 0 Å². The summed E-state index contributed by atoms with van der Waals surface area (Å²) in [6.45, 7) is 0. The number of carbonyl (C=O) groups excluding carboxylic acids is 1. The number of nitrogens with one attached hydrogen (secondary N) is 1. The minimum atomic E-state index is -0.141. The molecule has 0 aliphatic heterocycles. The molecule has 3 aromatic carbocycles.